The molecule has 5 heteroatoms. The SMILES string of the molecule is Cc1ccc2cccc(-n3nnc(N)c3C3CC3)c2n1. The molecule has 0 radical (unpaired) electrons. The highest BCUT2D eigenvalue weighted by molar-refractivity contribution is 5.86. The number of rotatable bonds is 2. The number of aromatic nitrogens is 4. The van der Waals surface area contributed by atoms with Crippen molar-refractivity contribution in [2.24, 2.45) is 0 Å². The number of nitrogen functional groups attached to an aromatic ring is 1. The molecule has 3 aromatic rings. The van der Waals surface area contributed by atoms with Gasteiger partial charge in [0.15, 0.2) is 5.82 Å². The van der Waals surface area contributed by atoms with Crippen LogP contribution >= 0.6 is 0 Å². The van der Waals surface area contributed by atoms with Crippen molar-refractivity contribution in [2.45, 2.75) is 25.7 Å². The molecule has 1 aromatic carbocycles. The maximum absolute atomic E-state index is 5.98. The Labute approximate surface area is 116 Å². The molecule has 2 aromatic heterocycles. The predicted molar refractivity (Wildman–Crippen MR) is 77.8 cm³/mol. The average molecular weight is 265 g/mol. The lowest BCUT2D eigenvalue weighted by molar-refractivity contribution is 0.766. The van der Waals surface area contributed by atoms with Gasteiger partial charge in [0.1, 0.15) is 0 Å². The fraction of sp³-hybridized carbons (Fsp3) is 0.267. The molecule has 1 fully saturated rings. The Morgan fingerprint density at radius 1 is 1.20 bits per heavy atom. The van der Waals surface area contributed by atoms with Crippen molar-refractivity contribution in [2.75, 3.05) is 5.73 Å². The van der Waals surface area contributed by atoms with Gasteiger partial charge in [-0.2, -0.15) is 0 Å². The second-order valence-electron chi connectivity index (χ2n) is 5.35. The van der Waals surface area contributed by atoms with Crippen LogP contribution in [0.25, 0.3) is 16.6 Å². The van der Waals surface area contributed by atoms with E-state index in [1.165, 1.54) is 0 Å². The van der Waals surface area contributed by atoms with Gasteiger partial charge < -0.3 is 5.73 Å². The van der Waals surface area contributed by atoms with Crippen LogP contribution in [0.1, 0.15) is 30.1 Å². The molecule has 0 bridgehead atoms. The third-order valence-corrected chi connectivity index (χ3v) is 3.76. The Balaban J connectivity index is 2.01. The van der Waals surface area contributed by atoms with Crippen LogP contribution in [-0.4, -0.2) is 20.0 Å². The number of benzene rings is 1. The average Bonchev–Trinajstić information content (AvgIpc) is 3.21. The van der Waals surface area contributed by atoms with E-state index in [0.29, 0.717) is 11.7 Å². The lowest BCUT2D eigenvalue weighted by Crippen LogP contribution is -2.04. The Morgan fingerprint density at radius 2 is 2.05 bits per heavy atom. The molecule has 0 aliphatic heterocycles. The number of fused-ring (bicyclic) bond motifs is 1. The summed E-state index contributed by atoms with van der Waals surface area (Å²) in [5.74, 6) is 1.03. The molecule has 4 rings (SSSR count). The zero-order chi connectivity index (χ0) is 13.7. The fourth-order valence-corrected chi connectivity index (χ4v) is 2.62. The summed E-state index contributed by atoms with van der Waals surface area (Å²) in [7, 11) is 0. The van der Waals surface area contributed by atoms with Gasteiger partial charge in [0, 0.05) is 17.0 Å². The van der Waals surface area contributed by atoms with Crippen LogP contribution in [0.3, 0.4) is 0 Å². The lowest BCUT2D eigenvalue weighted by atomic mass is 10.1. The molecular weight excluding hydrogens is 250 g/mol. The summed E-state index contributed by atoms with van der Waals surface area (Å²) in [4.78, 5) is 4.65. The first kappa shape index (κ1) is 11.4. The van der Waals surface area contributed by atoms with Crippen LogP contribution in [0, 0.1) is 6.92 Å². The molecule has 5 nitrogen and oxygen atoms in total. The number of hydrogen-bond donors (Lipinski definition) is 1. The van der Waals surface area contributed by atoms with Crippen molar-refractivity contribution in [1.82, 2.24) is 20.0 Å². The molecule has 1 saturated carbocycles. The predicted octanol–water partition coefficient (Wildman–Crippen LogP) is 2.58. The summed E-state index contributed by atoms with van der Waals surface area (Å²) in [6, 6.07) is 10.2. The third kappa shape index (κ3) is 1.66. The molecule has 0 spiro atoms. The largest absolute Gasteiger partial charge is 0.381 e. The summed E-state index contributed by atoms with van der Waals surface area (Å²) in [5.41, 5.74) is 9.90. The van der Waals surface area contributed by atoms with Crippen molar-refractivity contribution >= 4 is 16.7 Å². The number of nitrogens with two attached hydrogens (primary N) is 1. The second kappa shape index (κ2) is 4.03. The number of hydrogen-bond acceptors (Lipinski definition) is 4. The smallest absolute Gasteiger partial charge is 0.169 e. The van der Waals surface area contributed by atoms with E-state index < -0.39 is 0 Å². The molecule has 2 heterocycles. The molecule has 1 aliphatic carbocycles. The van der Waals surface area contributed by atoms with Crippen LogP contribution in [0.2, 0.25) is 0 Å². The summed E-state index contributed by atoms with van der Waals surface area (Å²) in [5, 5.41) is 9.38. The number of pyridine rings is 1. The van der Waals surface area contributed by atoms with Gasteiger partial charge in [0.25, 0.3) is 0 Å². The highest BCUT2D eigenvalue weighted by Gasteiger charge is 2.31. The minimum Gasteiger partial charge on any atom is -0.381 e. The van der Waals surface area contributed by atoms with Gasteiger partial charge in [-0.05, 0) is 31.9 Å². The fourth-order valence-electron chi connectivity index (χ4n) is 2.62. The van der Waals surface area contributed by atoms with Crippen molar-refractivity contribution < 1.29 is 0 Å². The lowest BCUT2D eigenvalue weighted by Gasteiger charge is -2.09. The normalized spacial score (nSPS) is 14.8. The summed E-state index contributed by atoms with van der Waals surface area (Å²) in [6.45, 7) is 1.99. The monoisotopic (exact) mass is 265 g/mol. The van der Waals surface area contributed by atoms with Crippen LogP contribution in [0.5, 0.6) is 0 Å². The third-order valence-electron chi connectivity index (χ3n) is 3.76. The molecule has 1 aliphatic rings. The first-order valence-electron chi connectivity index (χ1n) is 6.82. The minimum absolute atomic E-state index is 0.491. The highest BCUT2D eigenvalue weighted by atomic mass is 15.4. The van der Waals surface area contributed by atoms with Crippen molar-refractivity contribution in [1.29, 1.82) is 0 Å². The van der Waals surface area contributed by atoms with E-state index in [2.05, 4.69) is 27.4 Å². The molecular formula is C15H15N5. The van der Waals surface area contributed by atoms with Crippen LogP contribution in [0.15, 0.2) is 30.3 Å². The standard InChI is InChI=1S/C15H15N5/c1-9-5-6-10-3-2-4-12(13(10)17-9)20-14(11-7-8-11)15(16)18-19-20/h2-6,11H,7-8,16H2,1H3. The first-order valence-corrected chi connectivity index (χ1v) is 6.82. The van der Waals surface area contributed by atoms with Gasteiger partial charge >= 0.3 is 0 Å². The topological polar surface area (TPSA) is 69.6 Å². The van der Waals surface area contributed by atoms with Crippen LogP contribution < -0.4 is 5.73 Å². The molecule has 0 unspecified atom stereocenters. The van der Waals surface area contributed by atoms with E-state index in [4.69, 9.17) is 5.73 Å². The quantitative estimate of drug-likeness (QED) is 0.773. The van der Waals surface area contributed by atoms with E-state index in [0.717, 1.165) is 40.8 Å². The van der Waals surface area contributed by atoms with Crippen molar-refractivity contribution in [3.05, 3.63) is 41.7 Å². The molecule has 0 saturated heterocycles. The molecule has 20 heavy (non-hydrogen) atoms. The van der Waals surface area contributed by atoms with Gasteiger partial charge in [-0.15, -0.1) is 5.10 Å². The van der Waals surface area contributed by atoms with Gasteiger partial charge in [-0.3, -0.25) is 4.98 Å². The van der Waals surface area contributed by atoms with Gasteiger partial charge in [-0.1, -0.05) is 23.4 Å². The Bertz CT molecular complexity index is 801. The Kier molecular flexibility index (Phi) is 2.30. The molecule has 2 N–H and O–H groups in total. The zero-order valence-electron chi connectivity index (χ0n) is 11.2. The summed E-state index contributed by atoms with van der Waals surface area (Å²) >= 11 is 0. The van der Waals surface area contributed by atoms with E-state index in [1.54, 1.807) is 0 Å². The van der Waals surface area contributed by atoms with Crippen molar-refractivity contribution in [3.63, 3.8) is 0 Å². The van der Waals surface area contributed by atoms with Gasteiger partial charge in [0.05, 0.1) is 16.9 Å². The summed E-state index contributed by atoms with van der Waals surface area (Å²) < 4.78 is 1.86. The maximum atomic E-state index is 5.98. The van der Waals surface area contributed by atoms with Crippen molar-refractivity contribution in [3.8, 4) is 5.69 Å². The van der Waals surface area contributed by atoms with Crippen LogP contribution in [-0.2, 0) is 0 Å². The highest BCUT2D eigenvalue weighted by Crippen LogP contribution is 2.43. The van der Waals surface area contributed by atoms with E-state index in [9.17, 15) is 0 Å². The second-order valence-corrected chi connectivity index (χ2v) is 5.35. The Hall–Kier alpha value is -2.43. The van der Waals surface area contributed by atoms with Gasteiger partial charge in [0.2, 0.25) is 0 Å². The minimum atomic E-state index is 0.491. The van der Waals surface area contributed by atoms with Crippen LogP contribution in [0.4, 0.5) is 5.82 Å². The van der Waals surface area contributed by atoms with E-state index in [-0.39, 0.29) is 0 Å². The number of nitrogens with zero attached hydrogens (tertiary/aromatic N) is 4. The first-order chi connectivity index (χ1) is 9.74. The molecule has 0 atom stereocenters. The number of anilines is 1. The summed E-state index contributed by atoms with van der Waals surface area (Å²) in [6.07, 6.45) is 2.32. The number of aryl methyl sites for hydroxylation is 1. The van der Waals surface area contributed by atoms with E-state index >= 15 is 0 Å². The Morgan fingerprint density at radius 3 is 2.85 bits per heavy atom. The van der Waals surface area contributed by atoms with Gasteiger partial charge in [-0.25, -0.2) is 4.68 Å². The van der Waals surface area contributed by atoms with E-state index in [1.807, 2.05) is 29.8 Å². The zero-order valence-corrected chi connectivity index (χ0v) is 11.2. The maximum Gasteiger partial charge on any atom is 0.169 e. The number of para-hydroxylation sites is 1. The molecule has 0 amide bonds. The molecule has 100 valence electrons.